The van der Waals surface area contributed by atoms with E-state index in [0.717, 1.165) is 13.8 Å². The Kier molecular flexibility index (Phi) is 5.40. The van der Waals surface area contributed by atoms with Crippen LogP contribution in [-0.4, -0.2) is 23.2 Å². The number of esters is 2. The van der Waals surface area contributed by atoms with E-state index in [-0.39, 0.29) is 5.69 Å². The number of benzene rings is 1. The Morgan fingerprint density at radius 2 is 1.75 bits per heavy atom. The molecule has 1 rings (SSSR count). The zero-order valence-corrected chi connectivity index (χ0v) is 10.9. The third kappa shape index (κ3) is 4.89. The van der Waals surface area contributed by atoms with E-state index in [2.05, 4.69) is 0 Å². The highest BCUT2D eigenvalue weighted by Crippen LogP contribution is 2.19. The minimum Gasteiger partial charge on any atom is -0.421 e. The second-order valence-electron chi connectivity index (χ2n) is 3.76. The molecule has 0 spiro atoms. The minimum absolute atomic E-state index is 0.104. The third-order valence-corrected chi connectivity index (χ3v) is 2.13. The van der Waals surface area contributed by atoms with Crippen LogP contribution in [-0.2, 0) is 19.1 Å². The summed E-state index contributed by atoms with van der Waals surface area (Å²) in [6.07, 6.45) is 1.39. The molecule has 7 heteroatoms. The summed E-state index contributed by atoms with van der Waals surface area (Å²) in [7, 11) is 0. The lowest BCUT2D eigenvalue weighted by atomic mass is 10.1. The van der Waals surface area contributed by atoms with E-state index in [4.69, 9.17) is 9.47 Å². The Labute approximate surface area is 114 Å². The van der Waals surface area contributed by atoms with E-state index in [1.54, 1.807) is 6.07 Å². The van der Waals surface area contributed by atoms with Crippen LogP contribution in [0.4, 0.5) is 5.69 Å². The molecule has 0 N–H and O–H groups in total. The van der Waals surface area contributed by atoms with Crippen molar-refractivity contribution in [1.82, 2.24) is 0 Å². The van der Waals surface area contributed by atoms with E-state index in [1.807, 2.05) is 0 Å². The monoisotopic (exact) mass is 279 g/mol. The minimum atomic E-state index is -1.22. The van der Waals surface area contributed by atoms with Crippen LogP contribution in [0.5, 0.6) is 0 Å². The number of carbonyl (C=O) groups is 2. The van der Waals surface area contributed by atoms with Gasteiger partial charge in [0, 0.05) is 19.9 Å². The Morgan fingerprint density at radius 1 is 1.20 bits per heavy atom. The molecule has 0 aromatic heterocycles. The first-order valence-corrected chi connectivity index (χ1v) is 5.66. The second-order valence-corrected chi connectivity index (χ2v) is 3.76. The molecule has 0 unspecified atom stereocenters. The first-order chi connectivity index (χ1) is 9.40. The average molecular weight is 279 g/mol. The molecule has 0 bridgehead atoms. The molecule has 0 aliphatic carbocycles. The molecule has 0 aliphatic rings. The molecule has 0 radical (unpaired) electrons. The van der Waals surface area contributed by atoms with Crippen LogP contribution >= 0.6 is 0 Å². The van der Waals surface area contributed by atoms with Crippen molar-refractivity contribution in [3.05, 3.63) is 46.0 Å². The molecule has 0 atom stereocenters. The summed E-state index contributed by atoms with van der Waals surface area (Å²) in [5.41, 5.74) is 0.204. The van der Waals surface area contributed by atoms with Crippen LogP contribution in [0.3, 0.4) is 0 Å². The summed E-state index contributed by atoms with van der Waals surface area (Å²) in [6, 6.07) is 6.02. The smallest absolute Gasteiger partial charge is 0.305 e. The normalized spacial score (nSPS) is 10.6. The molecule has 20 heavy (non-hydrogen) atoms. The number of hydrogen-bond donors (Lipinski definition) is 0. The summed E-state index contributed by atoms with van der Waals surface area (Å²) < 4.78 is 9.49. The first kappa shape index (κ1) is 15.4. The zero-order valence-electron chi connectivity index (χ0n) is 10.9. The summed E-state index contributed by atoms with van der Waals surface area (Å²) in [6.45, 7) is 2.32. The van der Waals surface area contributed by atoms with Crippen molar-refractivity contribution in [3.8, 4) is 0 Å². The first-order valence-electron chi connectivity index (χ1n) is 5.66. The van der Waals surface area contributed by atoms with Crippen LogP contribution in [0.1, 0.15) is 19.4 Å². The zero-order chi connectivity index (χ0) is 15.1. The Morgan fingerprint density at radius 3 is 2.25 bits per heavy atom. The number of para-hydroxylation sites is 1. The lowest BCUT2D eigenvalue weighted by molar-refractivity contribution is -0.385. The van der Waals surface area contributed by atoms with Gasteiger partial charge in [-0.2, -0.15) is 0 Å². The van der Waals surface area contributed by atoms with E-state index >= 15 is 0 Å². The van der Waals surface area contributed by atoms with E-state index in [9.17, 15) is 19.7 Å². The molecule has 0 aliphatic heterocycles. The van der Waals surface area contributed by atoms with Crippen molar-refractivity contribution in [3.63, 3.8) is 0 Å². The van der Waals surface area contributed by atoms with E-state index in [0.29, 0.717) is 5.56 Å². The number of nitro benzene ring substituents is 1. The van der Waals surface area contributed by atoms with Gasteiger partial charge in [-0.1, -0.05) is 12.1 Å². The molecule has 1 aromatic rings. The summed E-state index contributed by atoms with van der Waals surface area (Å²) in [4.78, 5) is 32.0. The number of hydrogen-bond acceptors (Lipinski definition) is 6. The fraction of sp³-hybridized carbons (Fsp3) is 0.231. The number of nitrogens with zero attached hydrogens (tertiary/aromatic N) is 1. The molecule has 0 saturated carbocycles. The molecule has 0 amide bonds. The van der Waals surface area contributed by atoms with Gasteiger partial charge >= 0.3 is 11.9 Å². The fourth-order valence-corrected chi connectivity index (χ4v) is 1.41. The molecular formula is C13H13NO6. The number of carbonyl (C=O) groups excluding carboxylic acids is 2. The van der Waals surface area contributed by atoms with Gasteiger partial charge in [-0.25, -0.2) is 0 Å². The predicted octanol–water partition coefficient (Wildman–Crippen LogP) is 2.06. The van der Waals surface area contributed by atoms with Crippen molar-refractivity contribution >= 4 is 23.7 Å². The van der Waals surface area contributed by atoms with Gasteiger partial charge in [0.05, 0.1) is 10.5 Å². The van der Waals surface area contributed by atoms with Gasteiger partial charge in [0.1, 0.15) is 0 Å². The van der Waals surface area contributed by atoms with Crippen LogP contribution < -0.4 is 0 Å². The summed E-state index contributed by atoms with van der Waals surface area (Å²) in [5, 5.41) is 10.8. The number of rotatable bonds is 5. The van der Waals surface area contributed by atoms with Crippen molar-refractivity contribution in [2.24, 2.45) is 0 Å². The summed E-state index contributed by atoms with van der Waals surface area (Å²) in [5.74, 6) is -1.27. The van der Waals surface area contributed by atoms with E-state index in [1.165, 1.54) is 30.4 Å². The lowest BCUT2D eigenvalue weighted by Gasteiger charge is -2.12. The largest absolute Gasteiger partial charge is 0.421 e. The maximum Gasteiger partial charge on any atom is 0.305 e. The highest BCUT2D eigenvalue weighted by molar-refractivity contribution is 5.69. The molecular weight excluding hydrogens is 266 g/mol. The molecule has 0 heterocycles. The Balaban J connectivity index is 2.94. The van der Waals surface area contributed by atoms with Crippen LogP contribution in [0.15, 0.2) is 30.3 Å². The topological polar surface area (TPSA) is 95.7 Å². The Bertz CT molecular complexity index is 536. The highest BCUT2D eigenvalue weighted by Gasteiger charge is 2.13. The van der Waals surface area contributed by atoms with Crippen LogP contribution in [0.2, 0.25) is 0 Å². The average Bonchev–Trinajstić information content (AvgIpc) is 2.34. The third-order valence-electron chi connectivity index (χ3n) is 2.13. The van der Waals surface area contributed by atoms with Crippen molar-refractivity contribution in [1.29, 1.82) is 0 Å². The lowest BCUT2D eigenvalue weighted by Crippen LogP contribution is -2.19. The fourth-order valence-electron chi connectivity index (χ4n) is 1.41. The standard InChI is InChI=1S/C13H13NO6/c1-9(15)19-13(20-10(2)16)8-7-11-5-3-4-6-12(11)14(17)18/h3-8,13H,1-2H3/b8-7+. The van der Waals surface area contributed by atoms with Gasteiger partial charge in [-0.3, -0.25) is 19.7 Å². The van der Waals surface area contributed by atoms with Crippen molar-refractivity contribution < 1.29 is 24.0 Å². The molecule has 106 valence electrons. The quantitative estimate of drug-likeness (QED) is 0.354. The number of ether oxygens (including phenoxy) is 2. The summed E-state index contributed by atoms with van der Waals surface area (Å²) >= 11 is 0. The van der Waals surface area contributed by atoms with Crippen LogP contribution in [0.25, 0.3) is 6.08 Å². The van der Waals surface area contributed by atoms with Gasteiger partial charge < -0.3 is 9.47 Å². The van der Waals surface area contributed by atoms with Gasteiger partial charge in [-0.05, 0) is 18.2 Å². The second kappa shape index (κ2) is 7.03. The van der Waals surface area contributed by atoms with Gasteiger partial charge in [0.2, 0.25) is 0 Å². The maximum absolute atomic E-state index is 10.9. The van der Waals surface area contributed by atoms with Gasteiger partial charge in [0.15, 0.2) is 0 Å². The van der Waals surface area contributed by atoms with Crippen LogP contribution in [0, 0.1) is 10.1 Å². The molecule has 7 nitrogen and oxygen atoms in total. The predicted molar refractivity (Wildman–Crippen MR) is 69.5 cm³/mol. The molecule has 0 fully saturated rings. The number of nitro groups is 1. The molecule has 1 aromatic carbocycles. The SMILES string of the molecule is CC(=O)OC(/C=C/c1ccccc1[N+](=O)[O-])OC(C)=O. The van der Waals surface area contributed by atoms with E-state index < -0.39 is 23.2 Å². The van der Waals surface area contributed by atoms with Crippen molar-refractivity contribution in [2.75, 3.05) is 0 Å². The Hall–Kier alpha value is -2.70. The van der Waals surface area contributed by atoms with Gasteiger partial charge in [0.25, 0.3) is 12.0 Å². The van der Waals surface area contributed by atoms with Gasteiger partial charge in [-0.15, -0.1) is 0 Å². The maximum atomic E-state index is 10.9. The molecule has 0 saturated heterocycles. The van der Waals surface area contributed by atoms with Crippen molar-refractivity contribution in [2.45, 2.75) is 20.1 Å². The highest BCUT2D eigenvalue weighted by atomic mass is 16.7.